The van der Waals surface area contributed by atoms with Gasteiger partial charge < -0.3 is 9.64 Å². The van der Waals surface area contributed by atoms with Crippen LogP contribution in [0.1, 0.15) is 24.2 Å². The van der Waals surface area contributed by atoms with Gasteiger partial charge in [0, 0.05) is 23.4 Å². The molecule has 34 heavy (non-hydrogen) atoms. The summed E-state index contributed by atoms with van der Waals surface area (Å²) in [6.07, 6.45) is -0.248. The first-order chi connectivity index (χ1) is 16.5. The normalized spacial score (nSPS) is 20.1. The van der Waals surface area contributed by atoms with E-state index in [4.69, 9.17) is 9.72 Å². The molecule has 0 amide bonds. The van der Waals surface area contributed by atoms with Gasteiger partial charge in [-0.25, -0.2) is 4.98 Å². The van der Waals surface area contributed by atoms with Gasteiger partial charge in [-0.15, -0.1) is 0 Å². The van der Waals surface area contributed by atoms with Crippen LogP contribution in [0.4, 0.5) is 19.0 Å². The third-order valence-electron chi connectivity index (χ3n) is 6.32. The van der Waals surface area contributed by atoms with Crippen molar-refractivity contribution in [2.24, 2.45) is 0 Å². The number of aromatic nitrogens is 6. The summed E-state index contributed by atoms with van der Waals surface area (Å²) in [5, 5.41) is 21.1. The molecule has 1 N–H and O–H groups in total. The van der Waals surface area contributed by atoms with Gasteiger partial charge in [0.1, 0.15) is 11.9 Å². The number of rotatable bonds is 3. The van der Waals surface area contributed by atoms with Crippen LogP contribution in [0.15, 0.2) is 36.7 Å². The summed E-state index contributed by atoms with van der Waals surface area (Å²) in [5.74, 6) is 0.953. The van der Waals surface area contributed by atoms with E-state index < -0.39 is 11.9 Å². The number of nitrogens with one attached hydrogen (secondary N) is 1. The number of halogens is 3. The molecule has 2 aliphatic heterocycles. The molecule has 2 aliphatic rings. The Balaban J connectivity index is 1.68. The van der Waals surface area contributed by atoms with Crippen LogP contribution in [0.2, 0.25) is 0 Å². The molecule has 2 saturated heterocycles. The lowest BCUT2D eigenvalue weighted by molar-refractivity contribution is -0.140. The molecule has 2 fully saturated rings. The van der Waals surface area contributed by atoms with E-state index >= 15 is 0 Å². The van der Waals surface area contributed by atoms with E-state index in [2.05, 4.69) is 25.2 Å². The van der Waals surface area contributed by atoms with Crippen LogP contribution < -0.4 is 4.90 Å². The Morgan fingerprint density at radius 2 is 1.91 bits per heavy atom. The van der Waals surface area contributed by atoms with E-state index in [0.29, 0.717) is 24.8 Å². The van der Waals surface area contributed by atoms with Crippen LogP contribution in [0.3, 0.4) is 0 Å². The Bertz CT molecular complexity index is 1410. The van der Waals surface area contributed by atoms with E-state index in [1.165, 1.54) is 23.0 Å². The van der Waals surface area contributed by atoms with Gasteiger partial charge in [-0.05, 0) is 25.0 Å². The summed E-state index contributed by atoms with van der Waals surface area (Å²) in [5.41, 5.74) is -0.744. The van der Waals surface area contributed by atoms with Crippen molar-refractivity contribution in [1.29, 1.82) is 5.26 Å². The molecule has 12 heteroatoms. The predicted molar refractivity (Wildman–Crippen MR) is 114 cm³/mol. The van der Waals surface area contributed by atoms with Gasteiger partial charge in [-0.3, -0.25) is 10.1 Å². The fourth-order valence-corrected chi connectivity index (χ4v) is 4.91. The second kappa shape index (κ2) is 7.53. The second-order valence-corrected chi connectivity index (χ2v) is 8.27. The van der Waals surface area contributed by atoms with Gasteiger partial charge in [0.05, 0.1) is 36.9 Å². The Hall–Kier alpha value is -3.98. The third kappa shape index (κ3) is 3.12. The van der Waals surface area contributed by atoms with Crippen molar-refractivity contribution < 1.29 is 17.9 Å². The summed E-state index contributed by atoms with van der Waals surface area (Å²) in [4.78, 5) is 10.6. The Labute approximate surface area is 190 Å². The molecule has 172 valence electrons. The van der Waals surface area contributed by atoms with E-state index in [9.17, 15) is 18.4 Å². The molecule has 6 heterocycles. The number of fused-ring (bicyclic) bond motifs is 3. The van der Waals surface area contributed by atoms with Crippen LogP contribution in [-0.2, 0) is 10.9 Å². The molecule has 0 aliphatic carbocycles. The van der Waals surface area contributed by atoms with Gasteiger partial charge in [0.2, 0.25) is 0 Å². The maximum atomic E-state index is 13.9. The fraction of sp³-hybridized carbons (Fsp3) is 0.318. The molecule has 4 aromatic heterocycles. The van der Waals surface area contributed by atoms with Crippen LogP contribution in [0.25, 0.3) is 28.0 Å². The van der Waals surface area contributed by atoms with Crippen molar-refractivity contribution in [3.63, 3.8) is 0 Å². The SMILES string of the molecule is N#Cc1nn(-c2ccn[nH]2)c2nc(N3C4CCC3COC4)cc(-c3cccnc3C(F)(F)F)c12. The number of nitriles is 1. The number of morpholine rings is 1. The number of aromatic amines is 1. The summed E-state index contributed by atoms with van der Waals surface area (Å²) >= 11 is 0. The van der Waals surface area contributed by atoms with E-state index in [-0.39, 0.29) is 39.9 Å². The van der Waals surface area contributed by atoms with Gasteiger partial charge >= 0.3 is 6.18 Å². The van der Waals surface area contributed by atoms with Crippen molar-refractivity contribution in [3.8, 4) is 23.0 Å². The topological polar surface area (TPSA) is 109 Å². The molecule has 0 radical (unpaired) electrons. The number of alkyl halides is 3. The number of anilines is 1. The Morgan fingerprint density at radius 3 is 2.59 bits per heavy atom. The lowest BCUT2D eigenvalue weighted by Crippen LogP contribution is -2.46. The molecule has 2 unspecified atom stereocenters. The van der Waals surface area contributed by atoms with Gasteiger partial charge in [0.25, 0.3) is 0 Å². The number of ether oxygens (including phenoxy) is 1. The van der Waals surface area contributed by atoms with E-state index in [1.807, 2.05) is 6.07 Å². The van der Waals surface area contributed by atoms with Crippen LogP contribution in [0.5, 0.6) is 0 Å². The first-order valence-corrected chi connectivity index (χ1v) is 10.7. The second-order valence-electron chi connectivity index (χ2n) is 8.27. The predicted octanol–water partition coefficient (Wildman–Crippen LogP) is 3.46. The molecule has 0 aromatic carbocycles. The maximum absolute atomic E-state index is 13.9. The highest BCUT2D eigenvalue weighted by Crippen LogP contribution is 2.42. The van der Waals surface area contributed by atoms with E-state index in [1.54, 1.807) is 12.1 Å². The zero-order valence-electron chi connectivity index (χ0n) is 17.6. The van der Waals surface area contributed by atoms with Crippen molar-refractivity contribution >= 4 is 16.9 Å². The zero-order valence-corrected chi connectivity index (χ0v) is 17.6. The highest BCUT2D eigenvalue weighted by molar-refractivity contribution is 5.99. The average Bonchev–Trinajstić information content (AvgIpc) is 3.54. The van der Waals surface area contributed by atoms with Gasteiger partial charge in [-0.2, -0.15) is 33.3 Å². The maximum Gasteiger partial charge on any atom is 0.433 e. The Morgan fingerprint density at radius 1 is 1.12 bits per heavy atom. The third-order valence-corrected chi connectivity index (χ3v) is 6.32. The molecule has 4 aromatic rings. The van der Waals surface area contributed by atoms with Crippen molar-refractivity contribution in [1.82, 2.24) is 29.9 Å². The van der Waals surface area contributed by atoms with Crippen molar-refractivity contribution in [3.05, 3.63) is 48.0 Å². The van der Waals surface area contributed by atoms with Crippen molar-refractivity contribution in [2.45, 2.75) is 31.1 Å². The quantitative estimate of drug-likeness (QED) is 0.493. The molecule has 6 rings (SSSR count). The molecule has 2 atom stereocenters. The number of H-pyrrole nitrogens is 1. The number of hydrogen-bond acceptors (Lipinski definition) is 7. The minimum atomic E-state index is -4.68. The minimum absolute atomic E-state index is 0.0411. The highest BCUT2D eigenvalue weighted by atomic mass is 19.4. The van der Waals surface area contributed by atoms with Crippen LogP contribution in [0, 0.1) is 11.3 Å². The van der Waals surface area contributed by atoms with Crippen LogP contribution >= 0.6 is 0 Å². The highest BCUT2D eigenvalue weighted by Gasteiger charge is 2.40. The molecule has 9 nitrogen and oxygen atoms in total. The largest absolute Gasteiger partial charge is 0.433 e. The molecule has 0 spiro atoms. The minimum Gasteiger partial charge on any atom is -0.377 e. The van der Waals surface area contributed by atoms with Crippen LogP contribution in [-0.4, -0.2) is 55.2 Å². The monoisotopic (exact) mass is 466 g/mol. The molecule has 2 bridgehead atoms. The Kier molecular flexibility index (Phi) is 4.56. The first kappa shape index (κ1) is 20.6. The summed E-state index contributed by atoms with van der Waals surface area (Å²) in [6.45, 7) is 1.05. The molecule has 0 saturated carbocycles. The summed E-state index contributed by atoms with van der Waals surface area (Å²) in [7, 11) is 0. The molecular weight excluding hydrogens is 449 g/mol. The molecular formula is C22H17F3N8O. The smallest absolute Gasteiger partial charge is 0.377 e. The fourth-order valence-electron chi connectivity index (χ4n) is 4.91. The zero-order chi connectivity index (χ0) is 23.4. The summed E-state index contributed by atoms with van der Waals surface area (Å²) < 4.78 is 48.9. The van der Waals surface area contributed by atoms with Gasteiger partial charge in [-0.1, -0.05) is 6.07 Å². The lowest BCUT2D eigenvalue weighted by Gasteiger charge is -2.36. The summed E-state index contributed by atoms with van der Waals surface area (Å²) in [6, 6.07) is 8.22. The van der Waals surface area contributed by atoms with Gasteiger partial charge in [0.15, 0.2) is 22.9 Å². The van der Waals surface area contributed by atoms with Crippen molar-refractivity contribution in [2.75, 3.05) is 18.1 Å². The van der Waals surface area contributed by atoms with E-state index in [0.717, 1.165) is 19.0 Å². The average molecular weight is 466 g/mol. The number of pyridine rings is 2. The first-order valence-electron chi connectivity index (χ1n) is 10.7. The lowest BCUT2D eigenvalue weighted by atomic mass is 9.99. The number of hydrogen-bond donors (Lipinski definition) is 1. The number of nitrogens with zero attached hydrogens (tertiary/aromatic N) is 7. The standard InChI is InChI=1S/C22H17F3N8O/c23-22(24,25)20-14(2-1-6-27-20)15-8-18(32-12-3-4-13(32)11-34-10-12)29-21-19(15)16(9-26)31-33(21)17-5-7-28-30-17/h1-2,5-8,12-13H,3-4,10-11H2,(H,28,30).